The molecule has 0 bridgehead atoms. The normalized spacial score (nSPS) is 11.6. The fraction of sp³-hybridized carbons (Fsp3) is 0.0909. The highest BCUT2D eigenvalue weighted by molar-refractivity contribution is 9.10. The molecule has 0 fully saturated rings. The van der Waals surface area contributed by atoms with E-state index >= 15 is 0 Å². The van der Waals surface area contributed by atoms with E-state index < -0.39 is 21.7 Å². The molecule has 0 saturated heterocycles. The third kappa shape index (κ3) is 3.35. The van der Waals surface area contributed by atoms with E-state index in [1.165, 1.54) is 18.2 Å². The molecule has 20 heavy (non-hydrogen) atoms. The van der Waals surface area contributed by atoms with E-state index in [-0.39, 0.29) is 27.6 Å². The summed E-state index contributed by atoms with van der Waals surface area (Å²) in [5, 5.41) is 7.17. The molecule has 0 saturated carbocycles. The van der Waals surface area contributed by atoms with Crippen LogP contribution in [0.5, 0.6) is 0 Å². The van der Waals surface area contributed by atoms with Crippen molar-refractivity contribution < 1.29 is 21.6 Å². The number of halogens is 3. The largest absolute Gasteiger partial charge is 0.446 e. The first-order chi connectivity index (χ1) is 9.27. The Labute approximate surface area is 121 Å². The summed E-state index contributed by atoms with van der Waals surface area (Å²) < 4.78 is 53.6. The fourth-order valence-corrected chi connectivity index (χ4v) is 2.27. The second-order valence-electron chi connectivity index (χ2n) is 3.87. The number of benzene rings is 1. The molecule has 0 aliphatic rings. The Bertz CT molecular complexity index is 746. The Hall–Kier alpha value is -1.45. The van der Waals surface area contributed by atoms with Crippen molar-refractivity contribution in [2.75, 3.05) is 5.32 Å². The molecule has 108 valence electrons. The van der Waals surface area contributed by atoms with Crippen molar-refractivity contribution in [2.45, 2.75) is 11.6 Å². The minimum Gasteiger partial charge on any atom is -0.446 e. The average molecular weight is 367 g/mol. The van der Waals surface area contributed by atoms with Crippen LogP contribution in [0.15, 0.2) is 38.2 Å². The van der Waals surface area contributed by atoms with Crippen LogP contribution in [0, 0.1) is 11.6 Å². The summed E-state index contributed by atoms with van der Waals surface area (Å²) in [6, 6.07) is 4.55. The number of primary sulfonamides is 1. The van der Waals surface area contributed by atoms with Crippen molar-refractivity contribution in [3.63, 3.8) is 0 Å². The maximum absolute atomic E-state index is 13.5. The monoisotopic (exact) mass is 366 g/mol. The van der Waals surface area contributed by atoms with Crippen LogP contribution in [-0.4, -0.2) is 8.42 Å². The molecule has 0 aliphatic heterocycles. The standard InChI is InChI=1S/C11H9BrF2N2O3S/c12-7-3-10(9(14)4-8(7)13)16-5-6-1-2-11(19-6)20(15,17)18/h1-4,16H,5H2,(H2,15,17,18). The van der Waals surface area contributed by atoms with Crippen molar-refractivity contribution >= 4 is 31.6 Å². The first-order valence-corrected chi connectivity index (χ1v) is 7.61. The van der Waals surface area contributed by atoms with E-state index in [1.54, 1.807) is 0 Å². The van der Waals surface area contributed by atoms with Crippen LogP contribution in [-0.2, 0) is 16.6 Å². The van der Waals surface area contributed by atoms with Gasteiger partial charge >= 0.3 is 0 Å². The quantitative estimate of drug-likeness (QED) is 0.814. The lowest BCUT2D eigenvalue weighted by atomic mass is 10.3. The molecule has 1 aromatic carbocycles. The molecule has 0 spiro atoms. The second-order valence-corrected chi connectivity index (χ2v) is 6.21. The van der Waals surface area contributed by atoms with Gasteiger partial charge in [-0.1, -0.05) is 0 Å². The van der Waals surface area contributed by atoms with E-state index in [0.29, 0.717) is 0 Å². The number of nitrogens with two attached hydrogens (primary N) is 1. The van der Waals surface area contributed by atoms with Gasteiger partial charge in [-0.2, -0.15) is 0 Å². The Kier molecular flexibility index (Phi) is 4.11. The molecule has 0 atom stereocenters. The van der Waals surface area contributed by atoms with Gasteiger partial charge in [-0.25, -0.2) is 22.3 Å². The lowest BCUT2D eigenvalue weighted by Crippen LogP contribution is -2.10. The summed E-state index contributed by atoms with van der Waals surface area (Å²) >= 11 is 2.94. The predicted molar refractivity (Wildman–Crippen MR) is 71.5 cm³/mol. The maximum Gasteiger partial charge on any atom is 0.271 e. The van der Waals surface area contributed by atoms with Gasteiger partial charge in [0.15, 0.2) is 0 Å². The Balaban J connectivity index is 2.13. The van der Waals surface area contributed by atoms with Crippen molar-refractivity contribution in [1.29, 1.82) is 0 Å². The smallest absolute Gasteiger partial charge is 0.271 e. The van der Waals surface area contributed by atoms with E-state index in [2.05, 4.69) is 21.2 Å². The maximum atomic E-state index is 13.5. The molecule has 2 aromatic rings. The van der Waals surface area contributed by atoms with Crippen LogP contribution < -0.4 is 10.5 Å². The molecular formula is C11H9BrF2N2O3S. The molecule has 5 nitrogen and oxygen atoms in total. The Morgan fingerprint density at radius 2 is 1.95 bits per heavy atom. The number of anilines is 1. The molecule has 2 rings (SSSR count). The number of furan rings is 1. The average Bonchev–Trinajstić information content (AvgIpc) is 2.80. The number of hydrogen-bond donors (Lipinski definition) is 2. The molecule has 1 aromatic heterocycles. The zero-order chi connectivity index (χ0) is 14.9. The van der Waals surface area contributed by atoms with Crippen LogP contribution in [0.1, 0.15) is 5.76 Å². The molecule has 0 unspecified atom stereocenters. The van der Waals surface area contributed by atoms with E-state index in [0.717, 1.165) is 6.07 Å². The van der Waals surface area contributed by atoms with Crippen LogP contribution >= 0.6 is 15.9 Å². The number of rotatable bonds is 4. The lowest BCUT2D eigenvalue weighted by molar-refractivity contribution is 0.419. The number of sulfonamides is 1. The minimum absolute atomic E-state index is 0.0184. The third-order valence-electron chi connectivity index (χ3n) is 2.38. The molecule has 3 N–H and O–H groups in total. The van der Waals surface area contributed by atoms with Gasteiger partial charge in [0.05, 0.1) is 16.7 Å². The summed E-state index contributed by atoms with van der Waals surface area (Å²) in [6.45, 7) is 0.0184. The van der Waals surface area contributed by atoms with E-state index in [9.17, 15) is 17.2 Å². The highest BCUT2D eigenvalue weighted by Crippen LogP contribution is 2.24. The van der Waals surface area contributed by atoms with Crippen LogP contribution in [0.25, 0.3) is 0 Å². The molecular weight excluding hydrogens is 358 g/mol. The van der Waals surface area contributed by atoms with Gasteiger partial charge in [-0.3, -0.25) is 0 Å². The van der Waals surface area contributed by atoms with Crippen molar-refractivity contribution in [1.82, 2.24) is 0 Å². The number of hydrogen-bond acceptors (Lipinski definition) is 4. The van der Waals surface area contributed by atoms with Crippen molar-refractivity contribution in [3.05, 3.63) is 46.1 Å². The topological polar surface area (TPSA) is 85.3 Å². The van der Waals surface area contributed by atoms with Gasteiger partial charge in [0, 0.05) is 6.07 Å². The fourth-order valence-electron chi connectivity index (χ4n) is 1.45. The van der Waals surface area contributed by atoms with Gasteiger partial charge in [0.1, 0.15) is 17.4 Å². The van der Waals surface area contributed by atoms with Crippen LogP contribution in [0.4, 0.5) is 14.5 Å². The van der Waals surface area contributed by atoms with Gasteiger partial charge in [0.2, 0.25) is 5.09 Å². The Morgan fingerprint density at radius 3 is 2.55 bits per heavy atom. The summed E-state index contributed by atoms with van der Waals surface area (Å²) in [5.41, 5.74) is 0.0480. The van der Waals surface area contributed by atoms with E-state index in [1.807, 2.05) is 0 Å². The molecule has 0 aliphatic carbocycles. The SMILES string of the molecule is NS(=O)(=O)c1ccc(CNc2cc(Br)c(F)cc2F)o1. The van der Waals surface area contributed by atoms with E-state index in [4.69, 9.17) is 9.56 Å². The zero-order valence-electron chi connectivity index (χ0n) is 9.86. The molecule has 0 radical (unpaired) electrons. The first-order valence-electron chi connectivity index (χ1n) is 5.27. The van der Waals surface area contributed by atoms with Gasteiger partial charge < -0.3 is 9.73 Å². The summed E-state index contributed by atoms with van der Waals surface area (Å²) in [7, 11) is -3.91. The highest BCUT2D eigenvalue weighted by atomic mass is 79.9. The molecule has 0 amide bonds. The van der Waals surface area contributed by atoms with Crippen LogP contribution in [0.3, 0.4) is 0 Å². The van der Waals surface area contributed by atoms with Gasteiger partial charge in [0.25, 0.3) is 10.0 Å². The van der Waals surface area contributed by atoms with Crippen molar-refractivity contribution in [3.8, 4) is 0 Å². The molecule has 1 heterocycles. The van der Waals surface area contributed by atoms with Gasteiger partial charge in [-0.15, -0.1) is 0 Å². The Morgan fingerprint density at radius 1 is 1.25 bits per heavy atom. The summed E-state index contributed by atoms with van der Waals surface area (Å²) in [6.07, 6.45) is 0. The van der Waals surface area contributed by atoms with Gasteiger partial charge in [-0.05, 0) is 34.1 Å². The summed E-state index contributed by atoms with van der Waals surface area (Å²) in [5.74, 6) is -1.25. The van der Waals surface area contributed by atoms with Crippen molar-refractivity contribution in [2.24, 2.45) is 5.14 Å². The number of nitrogens with one attached hydrogen (secondary N) is 1. The third-order valence-corrected chi connectivity index (χ3v) is 3.77. The van der Waals surface area contributed by atoms with Crippen LogP contribution in [0.2, 0.25) is 0 Å². The second kappa shape index (κ2) is 5.51. The zero-order valence-corrected chi connectivity index (χ0v) is 12.3. The lowest BCUT2D eigenvalue weighted by Gasteiger charge is -2.07. The first kappa shape index (κ1) is 14.9. The summed E-state index contributed by atoms with van der Waals surface area (Å²) in [4.78, 5) is 0. The molecule has 9 heteroatoms. The highest BCUT2D eigenvalue weighted by Gasteiger charge is 2.14. The minimum atomic E-state index is -3.91. The predicted octanol–water partition coefficient (Wildman–Crippen LogP) is 2.58.